The van der Waals surface area contributed by atoms with E-state index in [0.29, 0.717) is 19.0 Å². The number of fused-ring (bicyclic) bond motifs is 3. The summed E-state index contributed by atoms with van der Waals surface area (Å²) in [6.45, 7) is 3.76. The first-order valence-corrected chi connectivity index (χ1v) is 14.4. The Hall–Kier alpha value is -2.66. The summed E-state index contributed by atoms with van der Waals surface area (Å²) in [5, 5.41) is 12.9. The topological polar surface area (TPSA) is 61.7 Å². The molecule has 3 heterocycles. The van der Waals surface area contributed by atoms with Crippen LogP contribution in [0.4, 0.5) is 0 Å². The second kappa shape index (κ2) is 11.8. The maximum absolute atomic E-state index is 13.9. The van der Waals surface area contributed by atoms with Crippen molar-refractivity contribution in [1.82, 2.24) is 0 Å². The van der Waals surface area contributed by atoms with Crippen molar-refractivity contribution < 1.29 is 19.1 Å². The molecule has 1 atom stereocenters. The minimum Gasteiger partial charge on any atom is -0.858 e. The zero-order valence-electron chi connectivity index (χ0n) is 22.2. The SMILES string of the molecule is O=C(O[C@H]1C[N+]2(CC([O-])=NCCCc3ccccc3)CCC1CC2)C1(c2ccccc2)CCCCCC1. The van der Waals surface area contributed by atoms with Crippen LogP contribution in [-0.2, 0) is 21.4 Å². The number of esters is 1. The molecule has 3 aliphatic heterocycles. The fourth-order valence-corrected chi connectivity index (χ4v) is 7.00. The molecule has 2 bridgehead atoms. The quantitative estimate of drug-likeness (QED) is 0.123. The smallest absolute Gasteiger partial charge is 0.317 e. The Bertz CT molecular complexity index is 1040. The zero-order valence-corrected chi connectivity index (χ0v) is 22.2. The number of carbonyl (C=O) groups excluding carboxylic acids is 1. The average Bonchev–Trinajstić information content (AvgIpc) is 3.20. The second-order valence-corrected chi connectivity index (χ2v) is 11.6. The van der Waals surface area contributed by atoms with Crippen molar-refractivity contribution in [3.05, 3.63) is 71.8 Å². The fraction of sp³-hybridized carbons (Fsp3) is 0.562. The van der Waals surface area contributed by atoms with E-state index in [0.717, 1.165) is 81.0 Å². The second-order valence-electron chi connectivity index (χ2n) is 11.6. The van der Waals surface area contributed by atoms with E-state index in [1.165, 1.54) is 18.4 Å². The molecule has 37 heavy (non-hydrogen) atoms. The molecule has 1 saturated carbocycles. The molecule has 0 N–H and O–H groups in total. The van der Waals surface area contributed by atoms with E-state index in [9.17, 15) is 9.90 Å². The lowest BCUT2D eigenvalue weighted by atomic mass is 9.74. The highest BCUT2D eigenvalue weighted by molar-refractivity contribution is 5.83. The molecule has 4 fully saturated rings. The molecular weight excluding hydrogens is 460 g/mol. The summed E-state index contributed by atoms with van der Waals surface area (Å²) in [6.07, 6.45) is 10.0. The van der Waals surface area contributed by atoms with Gasteiger partial charge in [0.1, 0.15) is 13.1 Å². The predicted molar refractivity (Wildman–Crippen MR) is 145 cm³/mol. The highest BCUT2D eigenvalue weighted by atomic mass is 16.5. The summed E-state index contributed by atoms with van der Waals surface area (Å²) in [5.74, 6) is 0.387. The number of carbonyl (C=O) groups is 1. The third-order valence-corrected chi connectivity index (χ3v) is 9.20. The van der Waals surface area contributed by atoms with Gasteiger partial charge in [-0.05, 0) is 36.8 Å². The standard InChI is InChI=1S/C32H42N2O3/c35-30(33-21-11-14-26-12-5-3-6-13-26)25-34-22-17-27(18-23-34)29(24-34)37-31(36)32(19-9-1-2-10-20-32)28-15-7-4-8-16-28/h3-8,12-13,15-16,27,29H,1-2,9-11,14,17-25H2/t27?,29-,34?/m0/s1. The van der Waals surface area contributed by atoms with Gasteiger partial charge in [0.25, 0.3) is 0 Å². The first-order chi connectivity index (χ1) is 18.1. The number of benzene rings is 2. The summed E-state index contributed by atoms with van der Waals surface area (Å²) in [6, 6.07) is 20.7. The predicted octanol–water partition coefficient (Wildman–Crippen LogP) is 4.82. The van der Waals surface area contributed by atoms with Gasteiger partial charge >= 0.3 is 5.97 Å². The van der Waals surface area contributed by atoms with E-state index in [4.69, 9.17) is 4.74 Å². The number of hydrogen-bond donors (Lipinski definition) is 0. The van der Waals surface area contributed by atoms with Crippen molar-refractivity contribution in [3.63, 3.8) is 0 Å². The lowest BCUT2D eigenvalue weighted by molar-refractivity contribution is -0.940. The molecule has 0 amide bonds. The molecule has 2 aromatic carbocycles. The number of ether oxygens (including phenoxy) is 1. The molecule has 1 aliphatic carbocycles. The van der Waals surface area contributed by atoms with Gasteiger partial charge in [0, 0.05) is 31.2 Å². The third kappa shape index (κ3) is 6.09. The fourth-order valence-electron chi connectivity index (χ4n) is 7.00. The molecular formula is C32H42N2O3. The molecule has 2 aromatic rings. The maximum atomic E-state index is 13.9. The highest BCUT2D eigenvalue weighted by Crippen LogP contribution is 2.42. The van der Waals surface area contributed by atoms with Crippen molar-refractivity contribution >= 4 is 11.9 Å². The number of piperidine rings is 3. The Balaban J connectivity index is 1.22. The monoisotopic (exact) mass is 502 g/mol. The van der Waals surface area contributed by atoms with Gasteiger partial charge in [0.15, 0.2) is 6.10 Å². The van der Waals surface area contributed by atoms with Gasteiger partial charge in [-0.15, -0.1) is 0 Å². The molecule has 0 unspecified atom stereocenters. The lowest BCUT2D eigenvalue weighted by Crippen LogP contribution is -2.67. The van der Waals surface area contributed by atoms with Gasteiger partial charge in [0.05, 0.1) is 18.5 Å². The van der Waals surface area contributed by atoms with Crippen LogP contribution in [0.1, 0.15) is 68.9 Å². The van der Waals surface area contributed by atoms with Gasteiger partial charge < -0.3 is 14.3 Å². The third-order valence-electron chi connectivity index (χ3n) is 9.20. The average molecular weight is 503 g/mol. The van der Waals surface area contributed by atoms with Crippen LogP contribution < -0.4 is 5.11 Å². The summed E-state index contributed by atoms with van der Waals surface area (Å²) in [4.78, 5) is 18.3. The Morgan fingerprint density at radius 2 is 1.59 bits per heavy atom. The van der Waals surface area contributed by atoms with E-state index < -0.39 is 5.41 Å². The van der Waals surface area contributed by atoms with Crippen molar-refractivity contribution in [2.24, 2.45) is 10.9 Å². The van der Waals surface area contributed by atoms with Gasteiger partial charge in [-0.3, -0.25) is 9.79 Å². The van der Waals surface area contributed by atoms with Gasteiger partial charge in [-0.2, -0.15) is 0 Å². The minimum atomic E-state index is -0.529. The number of quaternary nitrogens is 1. The first-order valence-electron chi connectivity index (χ1n) is 14.4. The molecule has 198 valence electrons. The van der Waals surface area contributed by atoms with Crippen molar-refractivity contribution in [2.45, 2.75) is 75.7 Å². The number of aliphatic imine (C=N–C) groups is 1. The van der Waals surface area contributed by atoms with Crippen LogP contribution in [-0.4, -0.2) is 55.2 Å². The van der Waals surface area contributed by atoms with Crippen LogP contribution in [0.15, 0.2) is 65.7 Å². The summed E-state index contributed by atoms with van der Waals surface area (Å²) < 4.78 is 7.17. The molecule has 0 radical (unpaired) electrons. The lowest BCUT2D eigenvalue weighted by Gasteiger charge is -2.53. The van der Waals surface area contributed by atoms with Crippen molar-refractivity contribution in [1.29, 1.82) is 0 Å². The van der Waals surface area contributed by atoms with Crippen LogP contribution in [0.5, 0.6) is 0 Å². The van der Waals surface area contributed by atoms with E-state index in [-0.39, 0.29) is 18.0 Å². The maximum Gasteiger partial charge on any atom is 0.317 e. The molecule has 6 rings (SSSR count). The number of nitrogens with zero attached hydrogens (tertiary/aromatic N) is 2. The Labute approximate surface area is 222 Å². The van der Waals surface area contributed by atoms with Crippen LogP contribution in [0.25, 0.3) is 0 Å². The van der Waals surface area contributed by atoms with Gasteiger partial charge in [-0.1, -0.05) is 86.3 Å². The Kier molecular flexibility index (Phi) is 8.29. The minimum absolute atomic E-state index is 0.00279. The van der Waals surface area contributed by atoms with Gasteiger partial charge in [0.2, 0.25) is 0 Å². The number of rotatable bonds is 9. The summed E-state index contributed by atoms with van der Waals surface area (Å²) in [7, 11) is 0. The summed E-state index contributed by atoms with van der Waals surface area (Å²) in [5.41, 5.74) is 1.87. The molecule has 4 aliphatic rings. The molecule has 5 heteroatoms. The number of hydrogen-bond acceptors (Lipinski definition) is 4. The highest BCUT2D eigenvalue weighted by Gasteiger charge is 2.50. The molecule has 5 nitrogen and oxygen atoms in total. The molecule has 3 saturated heterocycles. The van der Waals surface area contributed by atoms with E-state index in [1.54, 1.807) is 0 Å². The first kappa shape index (κ1) is 26.0. The van der Waals surface area contributed by atoms with Crippen LogP contribution in [0, 0.1) is 5.92 Å². The number of aryl methyl sites for hydroxylation is 1. The summed E-state index contributed by atoms with van der Waals surface area (Å²) >= 11 is 0. The Morgan fingerprint density at radius 1 is 0.946 bits per heavy atom. The normalized spacial score (nSPS) is 27.4. The van der Waals surface area contributed by atoms with E-state index in [2.05, 4.69) is 41.4 Å². The van der Waals surface area contributed by atoms with Crippen LogP contribution in [0.3, 0.4) is 0 Å². The van der Waals surface area contributed by atoms with Crippen molar-refractivity contribution in [2.75, 3.05) is 32.7 Å². The molecule has 0 aromatic heterocycles. The van der Waals surface area contributed by atoms with Crippen LogP contribution in [0.2, 0.25) is 0 Å². The van der Waals surface area contributed by atoms with Crippen molar-refractivity contribution in [3.8, 4) is 0 Å². The van der Waals surface area contributed by atoms with E-state index >= 15 is 0 Å². The van der Waals surface area contributed by atoms with E-state index in [1.807, 2.05) is 24.3 Å². The zero-order chi connectivity index (χ0) is 25.6. The van der Waals surface area contributed by atoms with Crippen LogP contribution >= 0.6 is 0 Å². The molecule has 0 spiro atoms. The largest absolute Gasteiger partial charge is 0.858 e. The Morgan fingerprint density at radius 3 is 2.27 bits per heavy atom. The van der Waals surface area contributed by atoms with Gasteiger partial charge in [-0.25, -0.2) is 0 Å².